The molecular formula is C2H6B2F6O3. The lowest BCUT2D eigenvalue weighted by molar-refractivity contribution is -0.134. The van der Waals surface area contributed by atoms with Crippen molar-refractivity contribution in [1.82, 2.24) is 0 Å². The Hall–Kier alpha value is -0.860. The smallest absolute Gasteiger partial charge is 0.481 e. The molecule has 0 radical (unpaired) electrons. The first-order valence-corrected chi connectivity index (χ1v) is 2.24. The van der Waals surface area contributed by atoms with Crippen LogP contribution in [0.5, 0.6) is 0 Å². The molecule has 0 aromatic heterocycles. The highest BCUT2D eigenvalue weighted by atomic mass is 19.4. The fraction of sp³-hybridized carbons (Fsp3) is 0.500. The normalized spacial score (nSPS) is 6.08. The van der Waals surface area contributed by atoms with Crippen molar-refractivity contribution in [3.05, 3.63) is 0 Å². The summed E-state index contributed by atoms with van der Waals surface area (Å²) in [5, 5.41) is 7.42. The first-order valence-electron chi connectivity index (χ1n) is 2.24. The lowest BCUT2D eigenvalue weighted by Crippen LogP contribution is -1.78. The summed E-state index contributed by atoms with van der Waals surface area (Å²) in [6.07, 6.45) is 0. The van der Waals surface area contributed by atoms with E-state index < -0.39 is 21.1 Å². The molecule has 0 fully saturated rings. The van der Waals surface area contributed by atoms with Crippen molar-refractivity contribution in [2.24, 2.45) is 0 Å². The minimum absolute atomic E-state index is 0. The fourth-order valence-corrected chi connectivity index (χ4v) is 0. The molecule has 0 aliphatic rings. The second kappa shape index (κ2) is 17.3. The molecule has 13 heavy (non-hydrogen) atoms. The van der Waals surface area contributed by atoms with Crippen molar-refractivity contribution < 1.29 is 41.3 Å². The van der Waals surface area contributed by atoms with Crippen LogP contribution in [0.4, 0.5) is 25.9 Å². The Morgan fingerprint density at radius 1 is 1.00 bits per heavy atom. The molecule has 0 aliphatic heterocycles. The van der Waals surface area contributed by atoms with Gasteiger partial charge in [0.2, 0.25) is 0 Å². The van der Waals surface area contributed by atoms with Crippen LogP contribution >= 0.6 is 0 Å². The molecule has 80 valence electrons. The van der Waals surface area contributed by atoms with E-state index in [1.54, 1.807) is 0 Å². The second-order valence-corrected chi connectivity index (χ2v) is 1.01. The molecule has 0 aromatic rings. The van der Waals surface area contributed by atoms with E-state index in [4.69, 9.17) is 9.90 Å². The molecule has 0 saturated heterocycles. The summed E-state index contributed by atoms with van der Waals surface area (Å²) in [5.41, 5.74) is 0. The summed E-state index contributed by atoms with van der Waals surface area (Å²) in [5.74, 6) is -0.833. The molecule has 0 atom stereocenters. The molecule has 3 N–H and O–H groups in total. The van der Waals surface area contributed by atoms with E-state index in [1.807, 2.05) is 0 Å². The zero-order valence-corrected chi connectivity index (χ0v) is 6.28. The van der Waals surface area contributed by atoms with E-state index >= 15 is 0 Å². The number of aliphatic carboxylic acids is 1. The molecule has 0 unspecified atom stereocenters. The van der Waals surface area contributed by atoms with Crippen molar-refractivity contribution in [2.45, 2.75) is 6.92 Å². The van der Waals surface area contributed by atoms with Crippen LogP contribution < -0.4 is 0 Å². The van der Waals surface area contributed by atoms with Gasteiger partial charge in [-0.25, -0.2) is 0 Å². The summed E-state index contributed by atoms with van der Waals surface area (Å²) in [7, 11) is -7.33. The number of carboxylic acids is 1. The SMILES string of the molecule is CC(=O)O.FB(F)F.FB(F)F.O. The van der Waals surface area contributed by atoms with E-state index in [0.29, 0.717) is 0 Å². The Morgan fingerprint density at radius 3 is 1.00 bits per heavy atom. The summed E-state index contributed by atoms with van der Waals surface area (Å²) in [6, 6.07) is 0. The second-order valence-electron chi connectivity index (χ2n) is 1.01. The van der Waals surface area contributed by atoms with Gasteiger partial charge in [0.05, 0.1) is 0 Å². The van der Waals surface area contributed by atoms with Crippen LogP contribution in [0.15, 0.2) is 0 Å². The maximum atomic E-state index is 9.67. The predicted octanol–water partition coefficient (Wildman–Crippen LogP) is 1.03. The Morgan fingerprint density at radius 2 is 1.00 bits per heavy atom. The molecule has 11 heteroatoms. The number of halogens is 6. The molecular weight excluding hydrogens is 208 g/mol. The van der Waals surface area contributed by atoms with Gasteiger partial charge in [-0.05, 0) is 0 Å². The monoisotopic (exact) mass is 214 g/mol. The first kappa shape index (κ1) is 22.7. The molecule has 0 heterocycles. The van der Waals surface area contributed by atoms with E-state index in [1.165, 1.54) is 0 Å². The zero-order chi connectivity index (χ0) is 10.7. The van der Waals surface area contributed by atoms with E-state index in [-0.39, 0.29) is 5.48 Å². The minimum atomic E-state index is -3.67. The number of hydrogen-bond donors (Lipinski definition) is 1. The average Bonchev–Trinajstić information content (AvgIpc) is 1.54. The number of rotatable bonds is 0. The highest BCUT2D eigenvalue weighted by Gasteiger charge is 2.06. The number of carbonyl (C=O) groups is 1. The Labute approximate surface area is 70.5 Å². The topological polar surface area (TPSA) is 68.8 Å². The van der Waals surface area contributed by atoms with Gasteiger partial charge in [0.25, 0.3) is 5.97 Å². The number of hydrogen-bond acceptors (Lipinski definition) is 1. The van der Waals surface area contributed by atoms with E-state index in [9.17, 15) is 25.9 Å². The minimum Gasteiger partial charge on any atom is -0.481 e. The molecule has 0 bridgehead atoms. The average molecular weight is 214 g/mol. The first-order chi connectivity index (χ1) is 5.20. The van der Waals surface area contributed by atoms with Gasteiger partial charge in [0.1, 0.15) is 0 Å². The quantitative estimate of drug-likeness (QED) is 0.482. The fourth-order valence-electron chi connectivity index (χ4n) is 0. The van der Waals surface area contributed by atoms with Crippen LogP contribution in [0.25, 0.3) is 0 Å². The summed E-state index contributed by atoms with van der Waals surface area (Å²) >= 11 is 0. The molecule has 0 saturated carbocycles. The highest BCUT2D eigenvalue weighted by molar-refractivity contribution is 6.33. The maximum absolute atomic E-state index is 9.67. The Balaban J connectivity index is -0.0000000450. The molecule has 0 aliphatic carbocycles. The highest BCUT2D eigenvalue weighted by Crippen LogP contribution is 1.80. The predicted molar refractivity (Wildman–Crippen MR) is 35.1 cm³/mol. The van der Waals surface area contributed by atoms with E-state index in [0.717, 1.165) is 6.92 Å². The molecule has 0 aromatic carbocycles. The van der Waals surface area contributed by atoms with Crippen LogP contribution in [0.1, 0.15) is 6.92 Å². The van der Waals surface area contributed by atoms with Gasteiger partial charge < -0.3 is 10.6 Å². The van der Waals surface area contributed by atoms with Crippen molar-refractivity contribution in [1.29, 1.82) is 0 Å². The van der Waals surface area contributed by atoms with Crippen LogP contribution in [-0.2, 0) is 4.79 Å². The van der Waals surface area contributed by atoms with Crippen LogP contribution in [0, 0.1) is 0 Å². The third-order valence-corrected chi connectivity index (χ3v) is 0. The van der Waals surface area contributed by atoms with Crippen LogP contribution in [-0.4, -0.2) is 31.6 Å². The van der Waals surface area contributed by atoms with Crippen molar-refractivity contribution in [3.8, 4) is 0 Å². The van der Waals surface area contributed by atoms with Gasteiger partial charge in [0, 0.05) is 6.92 Å². The lowest BCUT2D eigenvalue weighted by atomic mass is 10.5. The standard InChI is InChI=1S/C2H4O2.2BF3.H2O/c1-2(3)4;2*2-1(3)4;/h1H3,(H,3,4);;;1H2. The Kier molecular flexibility index (Phi) is 30.2. The van der Waals surface area contributed by atoms with Crippen molar-refractivity contribution in [3.63, 3.8) is 0 Å². The molecule has 0 rings (SSSR count). The Bertz CT molecular complexity index is 86.4. The third-order valence-electron chi connectivity index (χ3n) is 0. The van der Waals surface area contributed by atoms with Gasteiger partial charge in [-0.2, -0.15) is 0 Å². The zero-order valence-electron chi connectivity index (χ0n) is 6.28. The van der Waals surface area contributed by atoms with Crippen LogP contribution in [0.3, 0.4) is 0 Å². The van der Waals surface area contributed by atoms with Crippen molar-refractivity contribution in [2.75, 3.05) is 0 Å². The third kappa shape index (κ3) is 1260. The van der Waals surface area contributed by atoms with Crippen LogP contribution in [0.2, 0.25) is 0 Å². The van der Waals surface area contributed by atoms with Gasteiger partial charge in [-0.15, -0.1) is 0 Å². The van der Waals surface area contributed by atoms with Crippen molar-refractivity contribution >= 4 is 21.1 Å². The maximum Gasteiger partial charge on any atom is 0.762 e. The van der Waals surface area contributed by atoms with Gasteiger partial charge in [-0.1, -0.05) is 0 Å². The van der Waals surface area contributed by atoms with E-state index in [2.05, 4.69) is 0 Å². The largest absolute Gasteiger partial charge is 0.762 e. The summed E-state index contributed by atoms with van der Waals surface area (Å²) in [6.45, 7) is 1.08. The van der Waals surface area contributed by atoms with Gasteiger partial charge >= 0.3 is 15.1 Å². The number of carboxylic acid groups (broad SMARTS) is 1. The molecule has 0 amide bonds. The van der Waals surface area contributed by atoms with Gasteiger partial charge in [-0.3, -0.25) is 30.7 Å². The molecule has 0 spiro atoms. The summed E-state index contributed by atoms with van der Waals surface area (Å²) < 4.78 is 58.0. The lowest BCUT2D eigenvalue weighted by Gasteiger charge is -1.59. The molecule has 3 nitrogen and oxygen atoms in total. The summed E-state index contributed by atoms with van der Waals surface area (Å²) in [4.78, 5) is 9.00. The van der Waals surface area contributed by atoms with Gasteiger partial charge in [0.15, 0.2) is 0 Å².